The van der Waals surface area contributed by atoms with E-state index in [-0.39, 0.29) is 18.4 Å². The summed E-state index contributed by atoms with van der Waals surface area (Å²) < 4.78 is 4.61. The van der Waals surface area contributed by atoms with Gasteiger partial charge in [0, 0.05) is 12.6 Å². The average Bonchev–Trinajstić information content (AvgIpc) is 2.25. The number of halogens is 1. The maximum absolute atomic E-state index is 11.0. The standard InChI is InChI=1S/C12H25NO2.ClH/c1-5-6-7-8-11(2)13(3)10-9-12(14)15-4;/h11H,5-10H2,1-4H3;1H/t11-;/m1./s1. The molecule has 1 atom stereocenters. The zero-order valence-corrected chi connectivity index (χ0v) is 11.8. The van der Waals surface area contributed by atoms with E-state index in [2.05, 4.69) is 30.5 Å². The Morgan fingerprint density at radius 2 is 2.00 bits per heavy atom. The lowest BCUT2D eigenvalue weighted by molar-refractivity contribution is -0.141. The maximum atomic E-state index is 11.0. The Kier molecular flexibility index (Phi) is 12.7. The topological polar surface area (TPSA) is 29.5 Å². The van der Waals surface area contributed by atoms with E-state index in [9.17, 15) is 4.79 Å². The third kappa shape index (κ3) is 8.98. The Morgan fingerprint density at radius 1 is 1.38 bits per heavy atom. The molecule has 0 radical (unpaired) electrons. The van der Waals surface area contributed by atoms with Gasteiger partial charge in [-0.1, -0.05) is 26.2 Å². The molecule has 0 spiro atoms. The highest BCUT2D eigenvalue weighted by Gasteiger charge is 2.10. The number of carbonyl (C=O) groups is 1. The molecule has 98 valence electrons. The number of rotatable bonds is 8. The minimum absolute atomic E-state index is 0. The molecule has 0 aromatic rings. The summed E-state index contributed by atoms with van der Waals surface area (Å²) >= 11 is 0. The molecule has 0 fully saturated rings. The zero-order chi connectivity index (χ0) is 11.7. The lowest BCUT2D eigenvalue weighted by Gasteiger charge is -2.24. The Bertz CT molecular complexity index is 176. The first-order valence-corrected chi connectivity index (χ1v) is 5.88. The zero-order valence-electron chi connectivity index (χ0n) is 11.0. The molecule has 0 aliphatic rings. The van der Waals surface area contributed by atoms with Crippen molar-refractivity contribution < 1.29 is 9.53 Å². The molecule has 0 aliphatic carbocycles. The summed E-state index contributed by atoms with van der Waals surface area (Å²) in [4.78, 5) is 13.2. The monoisotopic (exact) mass is 251 g/mol. The van der Waals surface area contributed by atoms with Crippen LogP contribution in [0.3, 0.4) is 0 Å². The fraction of sp³-hybridized carbons (Fsp3) is 0.917. The number of ether oxygens (including phenoxy) is 1. The first-order chi connectivity index (χ1) is 7.11. The number of hydrogen-bond donors (Lipinski definition) is 0. The number of methoxy groups -OCH3 is 1. The Balaban J connectivity index is 0. The predicted molar refractivity (Wildman–Crippen MR) is 70.1 cm³/mol. The number of esters is 1. The second-order valence-electron chi connectivity index (χ2n) is 4.15. The van der Waals surface area contributed by atoms with E-state index in [1.165, 1.54) is 32.8 Å². The molecule has 0 heterocycles. The smallest absolute Gasteiger partial charge is 0.306 e. The van der Waals surface area contributed by atoms with E-state index in [0.29, 0.717) is 12.5 Å². The third-order valence-electron chi connectivity index (χ3n) is 2.87. The third-order valence-corrected chi connectivity index (χ3v) is 2.87. The van der Waals surface area contributed by atoms with E-state index in [4.69, 9.17) is 0 Å². The van der Waals surface area contributed by atoms with E-state index in [0.717, 1.165) is 6.54 Å². The lowest BCUT2D eigenvalue weighted by Crippen LogP contribution is -2.31. The summed E-state index contributed by atoms with van der Waals surface area (Å²) in [5, 5.41) is 0. The van der Waals surface area contributed by atoms with Gasteiger partial charge in [-0.15, -0.1) is 12.4 Å². The SMILES string of the molecule is CCCCC[C@@H](C)N(C)CCC(=O)OC.Cl. The lowest BCUT2D eigenvalue weighted by atomic mass is 10.1. The van der Waals surface area contributed by atoms with Crippen LogP contribution in [-0.4, -0.2) is 37.6 Å². The van der Waals surface area contributed by atoms with Gasteiger partial charge in [0.2, 0.25) is 0 Å². The molecule has 0 unspecified atom stereocenters. The largest absolute Gasteiger partial charge is 0.469 e. The number of carbonyl (C=O) groups excluding carboxylic acids is 1. The highest BCUT2D eigenvalue weighted by Crippen LogP contribution is 2.08. The molecule has 0 aromatic carbocycles. The number of hydrogen-bond acceptors (Lipinski definition) is 3. The number of unbranched alkanes of at least 4 members (excludes halogenated alkanes) is 2. The van der Waals surface area contributed by atoms with E-state index in [1.54, 1.807) is 0 Å². The van der Waals surface area contributed by atoms with Gasteiger partial charge >= 0.3 is 5.97 Å². The molecular formula is C12H26ClNO2. The quantitative estimate of drug-likeness (QED) is 0.491. The summed E-state index contributed by atoms with van der Waals surface area (Å²) in [6, 6.07) is 0.557. The molecule has 0 aromatic heterocycles. The van der Waals surface area contributed by atoms with Crippen LogP contribution in [0.5, 0.6) is 0 Å². The van der Waals surface area contributed by atoms with Gasteiger partial charge in [0.25, 0.3) is 0 Å². The van der Waals surface area contributed by atoms with E-state index < -0.39 is 0 Å². The molecule has 0 aliphatic heterocycles. The van der Waals surface area contributed by atoms with Gasteiger partial charge in [0.05, 0.1) is 13.5 Å². The second kappa shape index (κ2) is 11.2. The van der Waals surface area contributed by atoms with Gasteiger partial charge in [-0.3, -0.25) is 4.79 Å². The van der Waals surface area contributed by atoms with Crippen molar-refractivity contribution in [1.29, 1.82) is 0 Å². The molecule has 0 amide bonds. The summed E-state index contributed by atoms with van der Waals surface area (Å²) in [5.41, 5.74) is 0. The van der Waals surface area contributed by atoms with Gasteiger partial charge in [0.15, 0.2) is 0 Å². The van der Waals surface area contributed by atoms with Crippen molar-refractivity contribution in [1.82, 2.24) is 4.90 Å². The normalized spacial score (nSPS) is 12.1. The molecule has 0 saturated heterocycles. The first-order valence-electron chi connectivity index (χ1n) is 5.88. The van der Waals surface area contributed by atoms with Crippen molar-refractivity contribution in [2.45, 2.75) is 52.0 Å². The molecule has 0 N–H and O–H groups in total. The van der Waals surface area contributed by atoms with E-state index >= 15 is 0 Å². The fourth-order valence-electron chi connectivity index (χ4n) is 1.50. The summed E-state index contributed by atoms with van der Waals surface area (Å²) in [7, 11) is 3.51. The van der Waals surface area contributed by atoms with Crippen molar-refractivity contribution in [2.75, 3.05) is 20.7 Å². The average molecular weight is 252 g/mol. The van der Waals surface area contributed by atoms with Crippen molar-refractivity contribution in [2.24, 2.45) is 0 Å². The van der Waals surface area contributed by atoms with Crippen LogP contribution < -0.4 is 0 Å². The van der Waals surface area contributed by atoms with E-state index in [1.807, 2.05) is 0 Å². The Labute approximate surface area is 106 Å². The highest BCUT2D eigenvalue weighted by atomic mass is 35.5. The van der Waals surface area contributed by atoms with Crippen LogP contribution in [0.1, 0.15) is 46.0 Å². The van der Waals surface area contributed by atoms with Crippen molar-refractivity contribution in [3.63, 3.8) is 0 Å². The van der Waals surface area contributed by atoms with Crippen molar-refractivity contribution in [3.05, 3.63) is 0 Å². The Hall–Kier alpha value is -0.280. The second-order valence-corrected chi connectivity index (χ2v) is 4.15. The summed E-state index contributed by atoms with van der Waals surface area (Å²) in [6.45, 7) is 5.22. The van der Waals surface area contributed by atoms with Gasteiger partial charge in [0.1, 0.15) is 0 Å². The van der Waals surface area contributed by atoms with Crippen LogP contribution in [0.4, 0.5) is 0 Å². The summed E-state index contributed by atoms with van der Waals surface area (Å²) in [5.74, 6) is -0.123. The maximum Gasteiger partial charge on any atom is 0.306 e. The molecule has 3 nitrogen and oxygen atoms in total. The number of nitrogens with zero attached hydrogens (tertiary/aromatic N) is 1. The van der Waals surface area contributed by atoms with Crippen LogP contribution in [0.15, 0.2) is 0 Å². The predicted octanol–water partition coefficient (Wildman–Crippen LogP) is 2.87. The van der Waals surface area contributed by atoms with Gasteiger partial charge in [-0.25, -0.2) is 0 Å². The Morgan fingerprint density at radius 3 is 2.50 bits per heavy atom. The summed E-state index contributed by atoms with van der Waals surface area (Å²) in [6.07, 6.45) is 5.55. The highest BCUT2D eigenvalue weighted by molar-refractivity contribution is 5.85. The minimum Gasteiger partial charge on any atom is -0.469 e. The fourth-order valence-corrected chi connectivity index (χ4v) is 1.50. The molecule has 0 rings (SSSR count). The van der Waals surface area contributed by atoms with Gasteiger partial charge in [-0.05, 0) is 20.4 Å². The van der Waals surface area contributed by atoms with Crippen molar-refractivity contribution >= 4 is 18.4 Å². The first kappa shape index (κ1) is 18.1. The van der Waals surface area contributed by atoms with Gasteiger partial charge in [-0.2, -0.15) is 0 Å². The van der Waals surface area contributed by atoms with Crippen molar-refractivity contribution in [3.8, 4) is 0 Å². The molecule has 0 bridgehead atoms. The molecule has 4 heteroatoms. The van der Waals surface area contributed by atoms with Crippen LogP contribution in [0.25, 0.3) is 0 Å². The van der Waals surface area contributed by atoms with Crippen LogP contribution in [0, 0.1) is 0 Å². The molecular weight excluding hydrogens is 226 g/mol. The van der Waals surface area contributed by atoms with Crippen LogP contribution in [0.2, 0.25) is 0 Å². The van der Waals surface area contributed by atoms with Crippen LogP contribution >= 0.6 is 12.4 Å². The molecule has 16 heavy (non-hydrogen) atoms. The van der Waals surface area contributed by atoms with Crippen LogP contribution in [-0.2, 0) is 9.53 Å². The molecule has 0 saturated carbocycles. The van der Waals surface area contributed by atoms with Gasteiger partial charge < -0.3 is 9.64 Å². The minimum atomic E-state index is -0.123.